The molecule has 7 nitrogen and oxygen atoms in total. The van der Waals surface area contributed by atoms with Gasteiger partial charge < -0.3 is 9.64 Å². The molecule has 0 saturated carbocycles. The number of para-hydroxylation sites is 1. The van der Waals surface area contributed by atoms with Gasteiger partial charge >= 0.3 is 0 Å². The molecule has 4 rings (SSSR count). The molecule has 0 bridgehead atoms. The Morgan fingerprint density at radius 2 is 2.04 bits per heavy atom. The number of carbonyl (C=O) groups excluding carboxylic acids is 1. The molecule has 1 aromatic heterocycles. The number of hydrogen-bond acceptors (Lipinski definition) is 5. The zero-order chi connectivity index (χ0) is 19.9. The van der Waals surface area contributed by atoms with Crippen LogP contribution in [0.2, 0.25) is 0 Å². The van der Waals surface area contributed by atoms with E-state index in [0.717, 1.165) is 17.3 Å². The minimum atomic E-state index is -3.27. The second-order valence-electron chi connectivity index (χ2n) is 7.94. The molecule has 28 heavy (non-hydrogen) atoms. The van der Waals surface area contributed by atoms with E-state index >= 15 is 0 Å². The molecule has 2 aliphatic heterocycles. The normalized spacial score (nSPS) is 25.8. The molecule has 0 aliphatic carbocycles. The van der Waals surface area contributed by atoms with Gasteiger partial charge in [-0.25, -0.2) is 17.7 Å². The van der Waals surface area contributed by atoms with Crippen LogP contribution >= 0.6 is 0 Å². The van der Waals surface area contributed by atoms with Gasteiger partial charge in [0.15, 0.2) is 0 Å². The highest BCUT2D eigenvalue weighted by atomic mass is 32.2. The number of benzene rings is 1. The maximum atomic E-state index is 13.1. The van der Waals surface area contributed by atoms with Crippen LogP contribution in [0.15, 0.2) is 36.4 Å². The van der Waals surface area contributed by atoms with Gasteiger partial charge in [-0.2, -0.15) is 0 Å². The van der Waals surface area contributed by atoms with Crippen molar-refractivity contribution in [2.24, 2.45) is 11.3 Å². The van der Waals surface area contributed by atoms with E-state index in [1.165, 1.54) is 10.6 Å². The zero-order valence-electron chi connectivity index (χ0n) is 16.2. The summed E-state index contributed by atoms with van der Waals surface area (Å²) >= 11 is 0. The van der Waals surface area contributed by atoms with Crippen molar-refractivity contribution in [3.63, 3.8) is 0 Å². The predicted octanol–water partition coefficient (Wildman–Crippen LogP) is 1.60. The standard InChI is InChI=1S/C20H25N3O4S/c1-27-14-20-9-10-22(11-16(20)12-23(13-20)28(2,25)26)19(24)18-8-7-15-5-3-4-6-17(15)21-18/h3-8,16H,9-14H2,1-2H3. The fraction of sp³-hybridized carbons (Fsp3) is 0.500. The Hall–Kier alpha value is -2.03. The number of rotatable bonds is 4. The number of pyridine rings is 1. The largest absolute Gasteiger partial charge is 0.384 e. The number of nitrogens with zero attached hydrogens (tertiary/aromatic N) is 3. The highest BCUT2D eigenvalue weighted by molar-refractivity contribution is 7.88. The molecule has 2 unspecified atom stereocenters. The van der Waals surface area contributed by atoms with Crippen molar-refractivity contribution in [2.75, 3.05) is 46.2 Å². The minimum Gasteiger partial charge on any atom is -0.384 e. The SMILES string of the molecule is COCC12CCN(C(=O)c3ccc4ccccc4n3)CC1CN(S(C)(=O)=O)C2. The van der Waals surface area contributed by atoms with Gasteiger partial charge in [0.2, 0.25) is 10.0 Å². The lowest BCUT2D eigenvalue weighted by Gasteiger charge is -2.43. The number of hydrogen-bond donors (Lipinski definition) is 0. The smallest absolute Gasteiger partial charge is 0.272 e. The van der Waals surface area contributed by atoms with Gasteiger partial charge in [-0.3, -0.25) is 4.79 Å². The molecule has 3 heterocycles. The summed E-state index contributed by atoms with van der Waals surface area (Å²) in [5.74, 6) is -0.0464. The summed E-state index contributed by atoms with van der Waals surface area (Å²) in [4.78, 5) is 19.4. The second kappa shape index (κ2) is 7.09. The van der Waals surface area contributed by atoms with Gasteiger partial charge in [-0.1, -0.05) is 24.3 Å². The van der Waals surface area contributed by atoms with Crippen LogP contribution in [0.4, 0.5) is 0 Å². The number of sulfonamides is 1. The lowest BCUT2D eigenvalue weighted by molar-refractivity contribution is 0.00324. The van der Waals surface area contributed by atoms with E-state index in [9.17, 15) is 13.2 Å². The van der Waals surface area contributed by atoms with E-state index in [1.807, 2.05) is 35.2 Å². The summed E-state index contributed by atoms with van der Waals surface area (Å²) in [5, 5.41) is 0.997. The third-order valence-corrected chi connectivity index (χ3v) is 7.32. The number of aromatic nitrogens is 1. The van der Waals surface area contributed by atoms with Gasteiger partial charge in [0.25, 0.3) is 5.91 Å². The Morgan fingerprint density at radius 3 is 2.79 bits per heavy atom. The second-order valence-corrected chi connectivity index (χ2v) is 9.92. The highest BCUT2D eigenvalue weighted by Crippen LogP contribution is 2.44. The molecular formula is C20H25N3O4S. The van der Waals surface area contributed by atoms with Crippen molar-refractivity contribution in [1.29, 1.82) is 0 Å². The monoisotopic (exact) mass is 403 g/mol. The van der Waals surface area contributed by atoms with Crippen LogP contribution in [0.1, 0.15) is 16.9 Å². The van der Waals surface area contributed by atoms with Crippen LogP contribution < -0.4 is 0 Å². The maximum absolute atomic E-state index is 13.1. The van der Waals surface area contributed by atoms with Crippen molar-refractivity contribution in [2.45, 2.75) is 6.42 Å². The van der Waals surface area contributed by atoms with Crippen LogP contribution in [-0.2, 0) is 14.8 Å². The van der Waals surface area contributed by atoms with E-state index in [0.29, 0.717) is 38.5 Å². The van der Waals surface area contributed by atoms with Crippen LogP contribution in [0.5, 0.6) is 0 Å². The molecule has 1 amide bonds. The molecule has 150 valence electrons. The van der Waals surface area contributed by atoms with Crippen molar-refractivity contribution < 1.29 is 17.9 Å². The number of ether oxygens (including phenoxy) is 1. The Kier molecular flexibility index (Phi) is 4.89. The molecule has 0 spiro atoms. The van der Waals surface area contributed by atoms with Crippen LogP contribution in [0.3, 0.4) is 0 Å². The summed E-state index contributed by atoms with van der Waals surface area (Å²) in [6.45, 7) is 2.48. The van der Waals surface area contributed by atoms with Gasteiger partial charge in [-0.05, 0) is 24.5 Å². The number of amides is 1. The summed E-state index contributed by atoms with van der Waals surface area (Å²) < 4.78 is 31.1. The van der Waals surface area contributed by atoms with Crippen molar-refractivity contribution >= 4 is 26.8 Å². The summed E-state index contributed by atoms with van der Waals surface area (Å²) in [7, 11) is -1.63. The lowest BCUT2D eigenvalue weighted by atomic mass is 9.73. The molecule has 2 fully saturated rings. The molecule has 8 heteroatoms. The molecule has 2 saturated heterocycles. The Balaban J connectivity index is 1.57. The van der Waals surface area contributed by atoms with E-state index in [-0.39, 0.29) is 17.2 Å². The first-order chi connectivity index (χ1) is 13.3. The van der Waals surface area contributed by atoms with Gasteiger partial charge in [0.1, 0.15) is 5.69 Å². The zero-order valence-corrected chi connectivity index (χ0v) is 17.0. The molecular weight excluding hydrogens is 378 g/mol. The fourth-order valence-corrected chi connectivity index (χ4v) is 5.48. The Bertz CT molecular complexity index is 1010. The summed E-state index contributed by atoms with van der Waals surface area (Å²) in [6.07, 6.45) is 1.96. The summed E-state index contributed by atoms with van der Waals surface area (Å²) in [5.41, 5.74) is 0.991. The molecule has 1 aromatic carbocycles. The maximum Gasteiger partial charge on any atom is 0.272 e. The van der Waals surface area contributed by atoms with Gasteiger partial charge in [-0.15, -0.1) is 0 Å². The number of methoxy groups -OCH3 is 1. The topological polar surface area (TPSA) is 79.8 Å². The molecule has 2 aromatic rings. The third-order valence-electron chi connectivity index (χ3n) is 6.11. The number of piperidine rings is 1. The van der Waals surface area contributed by atoms with Gasteiger partial charge in [0.05, 0.1) is 18.4 Å². The lowest BCUT2D eigenvalue weighted by Crippen LogP contribution is -2.51. The average Bonchev–Trinajstić information content (AvgIpc) is 3.06. The number of fused-ring (bicyclic) bond motifs is 2. The molecule has 2 aliphatic rings. The van der Waals surface area contributed by atoms with Crippen LogP contribution in [0.25, 0.3) is 10.9 Å². The first kappa shape index (κ1) is 19.3. The van der Waals surface area contributed by atoms with E-state index in [4.69, 9.17) is 4.74 Å². The van der Waals surface area contributed by atoms with Crippen molar-refractivity contribution in [1.82, 2.24) is 14.2 Å². The van der Waals surface area contributed by atoms with E-state index < -0.39 is 10.0 Å². The molecule has 0 radical (unpaired) electrons. The van der Waals surface area contributed by atoms with Crippen molar-refractivity contribution in [3.8, 4) is 0 Å². The minimum absolute atomic E-state index is 0.0559. The summed E-state index contributed by atoms with van der Waals surface area (Å²) in [6, 6.07) is 11.4. The number of likely N-dealkylation sites (tertiary alicyclic amines) is 1. The van der Waals surface area contributed by atoms with E-state index in [2.05, 4.69) is 4.98 Å². The first-order valence-electron chi connectivity index (χ1n) is 9.41. The molecule has 2 atom stereocenters. The van der Waals surface area contributed by atoms with Crippen LogP contribution in [0, 0.1) is 11.3 Å². The van der Waals surface area contributed by atoms with Gasteiger partial charge in [0, 0.05) is 44.1 Å². The molecule has 0 N–H and O–H groups in total. The predicted molar refractivity (Wildman–Crippen MR) is 106 cm³/mol. The van der Waals surface area contributed by atoms with E-state index in [1.54, 1.807) is 13.2 Å². The third kappa shape index (κ3) is 3.40. The number of carbonyl (C=O) groups is 1. The fourth-order valence-electron chi connectivity index (χ4n) is 4.54. The Labute approximate surface area is 165 Å². The first-order valence-corrected chi connectivity index (χ1v) is 11.3. The quantitative estimate of drug-likeness (QED) is 0.775. The Morgan fingerprint density at radius 1 is 1.25 bits per heavy atom. The highest BCUT2D eigenvalue weighted by Gasteiger charge is 2.52. The average molecular weight is 404 g/mol. The van der Waals surface area contributed by atoms with Crippen LogP contribution in [-0.4, -0.2) is 74.7 Å². The van der Waals surface area contributed by atoms with Crippen molar-refractivity contribution in [3.05, 3.63) is 42.1 Å².